The molecule has 0 amide bonds. The molecule has 0 atom stereocenters. The zero-order chi connectivity index (χ0) is 13.8. The quantitative estimate of drug-likeness (QED) is 0.445. The number of guanidine groups is 1. The topological polar surface area (TPSA) is 99.6 Å². The molecule has 0 aliphatic heterocycles. The van der Waals surface area contributed by atoms with E-state index in [1.54, 1.807) is 25.4 Å². The summed E-state index contributed by atoms with van der Waals surface area (Å²) in [4.78, 5) is 5.09. The second-order valence-electron chi connectivity index (χ2n) is 3.74. The molecule has 7 heteroatoms. The lowest BCUT2D eigenvalue weighted by Crippen LogP contribution is -2.33. The molecule has 0 saturated heterocycles. The van der Waals surface area contributed by atoms with E-state index in [4.69, 9.17) is 11.0 Å². The molecular weight excluding hydrogens is 252 g/mol. The first-order valence-corrected chi connectivity index (χ1v) is 6.99. The lowest BCUT2D eigenvalue weighted by atomic mass is 10.3. The van der Waals surface area contributed by atoms with Crippen LogP contribution in [0.3, 0.4) is 0 Å². The standard InChI is InChI=1S/C11H14N4O2S/c1-15(11(13)14-8-12)9-5-3-4-6-10(7-9)18(2,16)17/h3-4,6-7H,5H2,1-2H3,(H2,13,14). The third kappa shape index (κ3) is 3.46. The molecule has 0 heterocycles. The normalized spacial score (nSPS) is 16.4. The number of hydrogen-bond acceptors (Lipinski definition) is 4. The minimum absolute atomic E-state index is 0.0203. The van der Waals surface area contributed by atoms with Crippen molar-refractivity contribution in [2.75, 3.05) is 13.3 Å². The molecule has 0 bridgehead atoms. The summed E-state index contributed by atoms with van der Waals surface area (Å²) in [5.41, 5.74) is 6.23. The molecule has 2 N–H and O–H groups in total. The molecule has 0 saturated carbocycles. The summed E-state index contributed by atoms with van der Waals surface area (Å²) < 4.78 is 23.0. The molecule has 1 rings (SSSR count). The Morgan fingerprint density at radius 1 is 1.61 bits per heavy atom. The van der Waals surface area contributed by atoms with Crippen LogP contribution in [0.1, 0.15) is 6.42 Å². The minimum atomic E-state index is -3.29. The fourth-order valence-electron chi connectivity index (χ4n) is 1.36. The molecule has 0 unspecified atom stereocenters. The fourth-order valence-corrected chi connectivity index (χ4v) is 2.04. The van der Waals surface area contributed by atoms with Crippen molar-refractivity contribution in [1.82, 2.24) is 4.90 Å². The van der Waals surface area contributed by atoms with Crippen LogP contribution < -0.4 is 5.73 Å². The van der Waals surface area contributed by atoms with Gasteiger partial charge in [0, 0.05) is 25.4 Å². The molecule has 6 nitrogen and oxygen atoms in total. The van der Waals surface area contributed by atoms with E-state index in [0.29, 0.717) is 12.1 Å². The van der Waals surface area contributed by atoms with Crippen molar-refractivity contribution < 1.29 is 8.42 Å². The Morgan fingerprint density at radius 3 is 2.83 bits per heavy atom. The van der Waals surface area contributed by atoms with Gasteiger partial charge in [-0.05, 0) is 12.2 Å². The molecule has 18 heavy (non-hydrogen) atoms. The van der Waals surface area contributed by atoms with Crippen molar-refractivity contribution >= 4 is 15.8 Å². The molecule has 0 fully saturated rings. The summed E-state index contributed by atoms with van der Waals surface area (Å²) in [7, 11) is -1.67. The van der Waals surface area contributed by atoms with Gasteiger partial charge in [-0.25, -0.2) is 8.42 Å². The van der Waals surface area contributed by atoms with E-state index < -0.39 is 9.84 Å². The van der Waals surface area contributed by atoms with Crippen molar-refractivity contribution in [3.63, 3.8) is 0 Å². The lowest BCUT2D eigenvalue weighted by molar-refractivity contribution is 0.598. The molecule has 0 aromatic heterocycles. The van der Waals surface area contributed by atoms with Crippen molar-refractivity contribution in [1.29, 1.82) is 5.26 Å². The van der Waals surface area contributed by atoms with E-state index in [-0.39, 0.29) is 10.9 Å². The van der Waals surface area contributed by atoms with Gasteiger partial charge in [-0.3, -0.25) is 0 Å². The van der Waals surface area contributed by atoms with Gasteiger partial charge in [0.1, 0.15) is 0 Å². The highest BCUT2D eigenvalue weighted by atomic mass is 32.2. The van der Waals surface area contributed by atoms with E-state index in [2.05, 4.69) is 4.99 Å². The maximum absolute atomic E-state index is 11.5. The molecular formula is C11H14N4O2S. The van der Waals surface area contributed by atoms with Crippen molar-refractivity contribution in [2.45, 2.75) is 6.42 Å². The zero-order valence-electron chi connectivity index (χ0n) is 10.2. The molecule has 0 aromatic rings. The molecule has 96 valence electrons. The van der Waals surface area contributed by atoms with Crippen LogP contribution >= 0.6 is 0 Å². The highest BCUT2D eigenvalue weighted by Gasteiger charge is 2.14. The number of sulfone groups is 1. The van der Waals surface area contributed by atoms with E-state index in [9.17, 15) is 8.42 Å². The molecule has 1 aliphatic carbocycles. The van der Waals surface area contributed by atoms with Crippen LogP contribution in [0.2, 0.25) is 0 Å². The van der Waals surface area contributed by atoms with Gasteiger partial charge < -0.3 is 10.6 Å². The zero-order valence-corrected chi connectivity index (χ0v) is 11.0. The van der Waals surface area contributed by atoms with Gasteiger partial charge >= 0.3 is 0 Å². The Bertz CT molecular complexity index is 591. The van der Waals surface area contributed by atoms with Gasteiger partial charge in [-0.15, -0.1) is 4.99 Å². The molecule has 0 spiro atoms. The van der Waals surface area contributed by atoms with Crippen LogP contribution in [-0.4, -0.2) is 32.6 Å². The predicted molar refractivity (Wildman–Crippen MR) is 69.8 cm³/mol. The smallest absolute Gasteiger partial charge is 0.211 e. The Kier molecular flexibility index (Phi) is 4.28. The summed E-state index contributed by atoms with van der Waals surface area (Å²) in [6, 6.07) is 0. The average molecular weight is 266 g/mol. The Labute approximate surface area is 106 Å². The van der Waals surface area contributed by atoms with Gasteiger partial charge in [0.15, 0.2) is 9.84 Å². The number of rotatable bonds is 2. The number of nitriles is 1. The number of nitrogens with zero attached hydrogens (tertiary/aromatic N) is 3. The highest BCUT2D eigenvalue weighted by molar-refractivity contribution is 7.94. The Hall–Kier alpha value is -2.07. The maximum Gasteiger partial charge on any atom is 0.211 e. The molecule has 0 radical (unpaired) electrons. The Morgan fingerprint density at radius 2 is 2.28 bits per heavy atom. The summed E-state index contributed by atoms with van der Waals surface area (Å²) >= 11 is 0. The van der Waals surface area contributed by atoms with E-state index >= 15 is 0 Å². The van der Waals surface area contributed by atoms with Gasteiger partial charge in [-0.1, -0.05) is 12.2 Å². The average Bonchev–Trinajstić information content (AvgIpc) is 2.53. The SMILES string of the molecule is CN(C1=CC(S(C)(=O)=O)=CC=CC1)C(N)=NC#N. The van der Waals surface area contributed by atoms with Crippen LogP contribution in [0.15, 0.2) is 39.9 Å². The van der Waals surface area contributed by atoms with Gasteiger partial charge in [0.05, 0.1) is 4.91 Å². The lowest BCUT2D eigenvalue weighted by Gasteiger charge is -2.19. The third-order valence-electron chi connectivity index (χ3n) is 2.40. The summed E-state index contributed by atoms with van der Waals surface area (Å²) in [6.07, 6.45) is 9.76. The maximum atomic E-state index is 11.5. The monoisotopic (exact) mass is 266 g/mol. The van der Waals surface area contributed by atoms with Crippen LogP contribution in [-0.2, 0) is 9.84 Å². The fraction of sp³-hybridized carbons (Fsp3) is 0.273. The predicted octanol–water partition coefficient (Wildman–Crippen LogP) is 0.486. The first-order valence-electron chi connectivity index (χ1n) is 5.09. The van der Waals surface area contributed by atoms with Crippen LogP contribution in [0, 0.1) is 11.5 Å². The molecule has 0 aromatic carbocycles. The summed E-state index contributed by atoms with van der Waals surface area (Å²) in [5, 5.41) is 8.44. The first kappa shape index (κ1) is 14.0. The number of aliphatic imine (C=N–C) groups is 1. The highest BCUT2D eigenvalue weighted by Crippen LogP contribution is 2.18. The van der Waals surface area contributed by atoms with Crippen LogP contribution in [0.5, 0.6) is 0 Å². The minimum Gasteiger partial charge on any atom is -0.369 e. The second-order valence-corrected chi connectivity index (χ2v) is 5.75. The third-order valence-corrected chi connectivity index (χ3v) is 3.51. The largest absolute Gasteiger partial charge is 0.369 e. The van der Waals surface area contributed by atoms with E-state index in [0.717, 1.165) is 6.26 Å². The van der Waals surface area contributed by atoms with Gasteiger partial charge in [-0.2, -0.15) is 5.26 Å². The van der Waals surface area contributed by atoms with Crippen LogP contribution in [0.4, 0.5) is 0 Å². The number of allylic oxidation sites excluding steroid dienone is 4. The van der Waals surface area contributed by atoms with Crippen molar-refractivity contribution in [3.05, 3.63) is 34.9 Å². The number of nitrogens with two attached hydrogens (primary N) is 1. The van der Waals surface area contributed by atoms with Gasteiger partial charge in [0.25, 0.3) is 0 Å². The summed E-state index contributed by atoms with van der Waals surface area (Å²) in [6.45, 7) is 0. The second kappa shape index (κ2) is 5.51. The van der Waals surface area contributed by atoms with Crippen LogP contribution in [0.25, 0.3) is 0 Å². The van der Waals surface area contributed by atoms with Gasteiger partial charge in [0.2, 0.25) is 12.2 Å². The van der Waals surface area contributed by atoms with E-state index in [1.165, 1.54) is 17.1 Å². The first-order chi connectivity index (χ1) is 8.36. The van der Waals surface area contributed by atoms with E-state index in [1.807, 2.05) is 0 Å². The molecule has 1 aliphatic rings. The van der Waals surface area contributed by atoms with Crippen molar-refractivity contribution in [3.8, 4) is 6.19 Å². The van der Waals surface area contributed by atoms with Crippen molar-refractivity contribution in [2.24, 2.45) is 10.7 Å². The Balaban J connectivity index is 3.15. The number of hydrogen-bond donors (Lipinski definition) is 1. The summed E-state index contributed by atoms with van der Waals surface area (Å²) in [5.74, 6) is 0.0203.